The van der Waals surface area contributed by atoms with Crippen LogP contribution in [0.1, 0.15) is 55.3 Å². The van der Waals surface area contributed by atoms with Gasteiger partial charge in [0, 0.05) is 0 Å². The fourth-order valence-electron chi connectivity index (χ4n) is 5.19. The van der Waals surface area contributed by atoms with E-state index < -0.39 is 33.5 Å². The lowest BCUT2D eigenvalue weighted by Gasteiger charge is -2.17. The van der Waals surface area contributed by atoms with Gasteiger partial charge in [-0.15, -0.1) is 0 Å². The number of hydrogen-bond acceptors (Lipinski definition) is 8. The van der Waals surface area contributed by atoms with E-state index >= 15 is 0 Å². The number of benzene rings is 4. The van der Waals surface area contributed by atoms with Crippen molar-refractivity contribution in [1.29, 1.82) is 0 Å². The van der Waals surface area contributed by atoms with Gasteiger partial charge in [0.2, 0.25) is 9.84 Å². The van der Waals surface area contributed by atoms with Crippen LogP contribution in [0.4, 0.5) is 11.4 Å². The third-order valence-electron chi connectivity index (χ3n) is 7.15. The van der Waals surface area contributed by atoms with Crippen LogP contribution in [0.15, 0.2) is 94.7 Å². The standard InChI is InChI=1S/C32H24N2O8S/c1-3-41-27-11-7-5-9-25(27)33-29(35)21-15-13-19(17-23(21)31(33)37)43(39,40)20-14-16-22-24(18-20)32(38)34(30(22)36)26-10-6-8-12-28(26)42-4-2/h5-18H,3-4H2,1-2H3. The Morgan fingerprint density at radius 3 is 1.30 bits per heavy atom. The van der Waals surface area contributed by atoms with E-state index in [1.807, 2.05) is 0 Å². The van der Waals surface area contributed by atoms with E-state index in [4.69, 9.17) is 9.47 Å². The van der Waals surface area contributed by atoms with Crippen molar-refractivity contribution in [3.63, 3.8) is 0 Å². The molecule has 0 aliphatic carbocycles. The molecule has 0 aromatic heterocycles. The quantitative estimate of drug-likeness (QED) is 0.262. The average Bonchev–Trinajstić information content (AvgIpc) is 3.41. The number of anilines is 2. The molecule has 11 heteroatoms. The number of ether oxygens (including phenoxy) is 2. The van der Waals surface area contributed by atoms with Gasteiger partial charge in [-0.05, 0) is 74.5 Å². The van der Waals surface area contributed by atoms with Gasteiger partial charge in [0.05, 0.1) is 56.6 Å². The van der Waals surface area contributed by atoms with Gasteiger partial charge in [0.25, 0.3) is 23.6 Å². The molecule has 0 bridgehead atoms. The Balaban J connectivity index is 1.35. The van der Waals surface area contributed by atoms with E-state index in [2.05, 4.69) is 0 Å². The molecule has 4 aromatic carbocycles. The number of fused-ring (bicyclic) bond motifs is 2. The zero-order valence-corrected chi connectivity index (χ0v) is 23.9. The first kappa shape index (κ1) is 27.9. The molecule has 0 saturated heterocycles. The number of carbonyl (C=O) groups excluding carboxylic acids is 4. The molecule has 0 unspecified atom stereocenters. The second kappa shape index (κ2) is 10.5. The van der Waals surface area contributed by atoms with Crippen LogP contribution in [-0.2, 0) is 9.84 Å². The third-order valence-corrected chi connectivity index (χ3v) is 8.90. The van der Waals surface area contributed by atoms with Crippen molar-refractivity contribution >= 4 is 44.8 Å². The smallest absolute Gasteiger partial charge is 0.266 e. The minimum Gasteiger partial charge on any atom is -0.492 e. The number of rotatable bonds is 8. The van der Waals surface area contributed by atoms with Gasteiger partial charge in [-0.2, -0.15) is 0 Å². The topological polar surface area (TPSA) is 127 Å². The van der Waals surface area contributed by atoms with E-state index in [-0.39, 0.29) is 43.4 Å². The lowest BCUT2D eigenvalue weighted by molar-refractivity contribution is 0.0909. The molecule has 0 fully saturated rings. The van der Waals surface area contributed by atoms with E-state index in [9.17, 15) is 27.6 Å². The first-order valence-corrected chi connectivity index (χ1v) is 14.9. The Kier molecular flexibility index (Phi) is 6.82. The molecule has 0 saturated carbocycles. The largest absolute Gasteiger partial charge is 0.492 e. The molecule has 0 radical (unpaired) electrons. The molecule has 0 spiro atoms. The number of nitrogens with zero attached hydrogens (tertiary/aromatic N) is 2. The summed E-state index contributed by atoms with van der Waals surface area (Å²) in [6, 6.07) is 20.5. The Morgan fingerprint density at radius 1 is 0.535 bits per heavy atom. The summed E-state index contributed by atoms with van der Waals surface area (Å²) in [6.07, 6.45) is 0. The van der Waals surface area contributed by atoms with Gasteiger partial charge < -0.3 is 9.47 Å². The van der Waals surface area contributed by atoms with Crippen molar-refractivity contribution in [2.24, 2.45) is 0 Å². The predicted molar refractivity (Wildman–Crippen MR) is 156 cm³/mol. The van der Waals surface area contributed by atoms with Crippen LogP contribution in [0, 0.1) is 0 Å². The fraction of sp³-hybridized carbons (Fsp3) is 0.125. The highest BCUT2D eigenvalue weighted by atomic mass is 32.2. The van der Waals surface area contributed by atoms with Crippen molar-refractivity contribution in [2.75, 3.05) is 23.0 Å². The summed E-state index contributed by atoms with van der Waals surface area (Å²) in [5.41, 5.74) is 0.434. The van der Waals surface area contributed by atoms with E-state index in [1.54, 1.807) is 62.4 Å². The highest BCUT2D eigenvalue weighted by Gasteiger charge is 2.41. The monoisotopic (exact) mass is 596 g/mol. The molecule has 0 N–H and O–H groups in total. The van der Waals surface area contributed by atoms with Crippen LogP contribution >= 0.6 is 0 Å². The second-order valence-corrected chi connectivity index (χ2v) is 11.6. The molecule has 4 aromatic rings. The molecule has 43 heavy (non-hydrogen) atoms. The minimum atomic E-state index is -4.28. The summed E-state index contributed by atoms with van der Waals surface area (Å²) in [7, 11) is -4.28. The van der Waals surface area contributed by atoms with Gasteiger partial charge in [-0.25, -0.2) is 18.2 Å². The summed E-state index contributed by atoms with van der Waals surface area (Å²) in [6.45, 7) is 4.18. The zero-order chi connectivity index (χ0) is 30.5. The van der Waals surface area contributed by atoms with Gasteiger partial charge in [0.15, 0.2) is 0 Å². The number of amides is 4. The summed E-state index contributed by atoms with van der Waals surface area (Å²) in [5, 5.41) is 0. The van der Waals surface area contributed by atoms with E-state index in [1.165, 1.54) is 24.3 Å². The molecule has 6 rings (SSSR count). The predicted octanol–water partition coefficient (Wildman–Crippen LogP) is 4.92. The van der Waals surface area contributed by atoms with E-state index in [0.29, 0.717) is 24.7 Å². The zero-order valence-electron chi connectivity index (χ0n) is 23.1. The summed E-state index contributed by atoms with van der Waals surface area (Å²) < 4.78 is 38.6. The maximum absolute atomic E-state index is 13.7. The SMILES string of the molecule is CCOc1ccccc1N1C(=O)c2ccc(S(=O)(=O)c3ccc4c(c3)C(=O)N(c3ccccc3OCC)C4=O)cc2C1=O. The number of para-hydroxylation sites is 4. The van der Waals surface area contributed by atoms with Gasteiger partial charge in [-0.3, -0.25) is 19.2 Å². The van der Waals surface area contributed by atoms with Crippen molar-refractivity contribution in [3.05, 3.63) is 107 Å². The van der Waals surface area contributed by atoms with Crippen LogP contribution < -0.4 is 19.3 Å². The highest BCUT2D eigenvalue weighted by Crippen LogP contribution is 2.38. The van der Waals surface area contributed by atoms with Crippen molar-refractivity contribution < 1.29 is 37.1 Å². The second-order valence-electron chi connectivity index (χ2n) is 9.61. The van der Waals surface area contributed by atoms with Crippen LogP contribution in [0.5, 0.6) is 11.5 Å². The van der Waals surface area contributed by atoms with Crippen molar-refractivity contribution in [1.82, 2.24) is 0 Å². The molecule has 4 amide bonds. The Morgan fingerprint density at radius 2 is 0.907 bits per heavy atom. The van der Waals surface area contributed by atoms with Crippen molar-refractivity contribution in [3.8, 4) is 11.5 Å². The number of hydrogen-bond donors (Lipinski definition) is 0. The maximum Gasteiger partial charge on any atom is 0.266 e. The lowest BCUT2D eigenvalue weighted by Crippen LogP contribution is -2.29. The molecule has 0 atom stereocenters. The fourth-order valence-corrected chi connectivity index (χ4v) is 6.50. The van der Waals surface area contributed by atoms with Gasteiger partial charge >= 0.3 is 0 Å². The molecule has 216 valence electrons. The molecule has 2 aliphatic heterocycles. The molecule has 10 nitrogen and oxygen atoms in total. The third kappa shape index (κ3) is 4.36. The molecular weight excluding hydrogens is 572 g/mol. The van der Waals surface area contributed by atoms with E-state index in [0.717, 1.165) is 21.9 Å². The van der Waals surface area contributed by atoms with Gasteiger partial charge in [0.1, 0.15) is 11.5 Å². The van der Waals surface area contributed by atoms with Gasteiger partial charge in [-0.1, -0.05) is 24.3 Å². The summed E-state index contributed by atoms with van der Waals surface area (Å²) in [4.78, 5) is 54.7. The number of sulfone groups is 1. The van der Waals surface area contributed by atoms with Crippen molar-refractivity contribution in [2.45, 2.75) is 23.6 Å². The average molecular weight is 597 g/mol. The highest BCUT2D eigenvalue weighted by molar-refractivity contribution is 7.91. The Labute approximate surface area is 247 Å². The maximum atomic E-state index is 13.7. The van der Waals surface area contributed by atoms with Crippen LogP contribution in [0.25, 0.3) is 0 Å². The summed E-state index contributed by atoms with van der Waals surface area (Å²) >= 11 is 0. The number of imide groups is 2. The normalized spacial score (nSPS) is 14.3. The number of carbonyl (C=O) groups is 4. The Hall–Kier alpha value is -5.29. The van der Waals surface area contributed by atoms with Crippen LogP contribution in [0.3, 0.4) is 0 Å². The molecule has 2 aliphatic rings. The first-order chi connectivity index (χ1) is 20.7. The first-order valence-electron chi connectivity index (χ1n) is 13.4. The Bertz CT molecular complexity index is 1830. The molecular formula is C32H24N2O8S. The van der Waals surface area contributed by atoms with Crippen LogP contribution in [-0.4, -0.2) is 45.3 Å². The van der Waals surface area contributed by atoms with Crippen LogP contribution in [0.2, 0.25) is 0 Å². The minimum absolute atomic E-state index is 0.0496. The molecule has 2 heterocycles. The lowest BCUT2D eigenvalue weighted by atomic mass is 10.1. The summed E-state index contributed by atoms with van der Waals surface area (Å²) in [5.74, 6) is -1.93.